The highest BCUT2D eigenvalue weighted by molar-refractivity contribution is 5.65. The molecule has 1 aliphatic heterocycles. The van der Waals surface area contributed by atoms with Crippen molar-refractivity contribution in [2.75, 3.05) is 18.4 Å². The molecule has 184 valence electrons. The molecule has 0 saturated carbocycles. The quantitative estimate of drug-likeness (QED) is 0.338. The summed E-state index contributed by atoms with van der Waals surface area (Å²) in [5.41, 5.74) is 6.77. The van der Waals surface area contributed by atoms with Crippen molar-refractivity contribution in [3.63, 3.8) is 0 Å². The first-order valence-electron chi connectivity index (χ1n) is 12.9. The summed E-state index contributed by atoms with van der Waals surface area (Å²) in [4.78, 5) is 6.88. The molecule has 0 bridgehead atoms. The highest BCUT2D eigenvalue weighted by Crippen LogP contribution is 2.42. The third-order valence-electron chi connectivity index (χ3n) is 6.74. The third-order valence-corrected chi connectivity index (χ3v) is 6.74. The molecule has 0 saturated heterocycles. The van der Waals surface area contributed by atoms with Crippen molar-refractivity contribution >= 4 is 11.4 Å². The second-order valence-corrected chi connectivity index (χ2v) is 10.1. The number of pyridine rings is 1. The molecule has 0 unspecified atom stereocenters. The predicted octanol–water partition coefficient (Wildman–Crippen LogP) is 7.28. The fraction of sp³-hybridized carbons (Fsp3) is 0.387. The number of ether oxygens (including phenoxy) is 1. The van der Waals surface area contributed by atoms with Gasteiger partial charge in [-0.2, -0.15) is 0 Å². The van der Waals surface area contributed by atoms with Gasteiger partial charge in [0, 0.05) is 54.8 Å². The average molecular weight is 470 g/mol. The first-order valence-corrected chi connectivity index (χ1v) is 12.9. The standard InChI is InChI=1S/C31H39N3O/c1-6-19-34(20-17-26-10-8-9-18-32-26)23(3)25-13-16-30-28(21-25)29(22-31(4,5)35-30)33-27-14-11-24(7-2)12-15-27/h8-16,18,21,29,33H,3,6-7,17,19-20,22H2,1-2,4-5H3/t29-/m0/s1. The molecular formula is C31H39N3O. The number of hydrogen-bond acceptors (Lipinski definition) is 4. The number of aromatic nitrogens is 1. The summed E-state index contributed by atoms with van der Waals surface area (Å²) in [5.74, 6) is 0.955. The molecule has 4 heteroatoms. The van der Waals surface area contributed by atoms with E-state index in [0.717, 1.165) is 67.2 Å². The first kappa shape index (κ1) is 24.8. The summed E-state index contributed by atoms with van der Waals surface area (Å²) >= 11 is 0. The van der Waals surface area contributed by atoms with E-state index in [1.165, 1.54) is 11.1 Å². The Morgan fingerprint density at radius 1 is 1.09 bits per heavy atom. The molecule has 1 aromatic heterocycles. The lowest BCUT2D eigenvalue weighted by Crippen LogP contribution is -2.37. The lowest BCUT2D eigenvalue weighted by atomic mass is 9.88. The second-order valence-electron chi connectivity index (χ2n) is 10.1. The summed E-state index contributed by atoms with van der Waals surface area (Å²) < 4.78 is 6.38. The zero-order chi connectivity index (χ0) is 24.8. The van der Waals surface area contributed by atoms with Gasteiger partial charge in [-0.05, 0) is 80.3 Å². The Balaban J connectivity index is 1.57. The van der Waals surface area contributed by atoms with Crippen molar-refractivity contribution in [2.24, 2.45) is 0 Å². The third kappa shape index (κ3) is 6.25. The van der Waals surface area contributed by atoms with Crippen LogP contribution in [0.3, 0.4) is 0 Å². The van der Waals surface area contributed by atoms with Crippen molar-refractivity contribution < 1.29 is 4.74 Å². The Hall–Kier alpha value is -3.27. The van der Waals surface area contributed by atoms with E-state index in [2.05, 4.69) is 104 Å². The number of hydrogen-bond donors (Lipinski definition) is 1. The van der Waals surface area contributed by atoms with E-state index in [1.807, 2.05) is 12.3 Å². The molecule has 0 aliphatic carbocycles. The number of nitrogens with one attached hydrogen (secondary N) is 1. The van der Waals surface area contributed by atoms with Crippen molar-refractivity contribution in [3.05, 3.63) is 95.8 Å². The lowest BCUT2D eigenvalue weighted by molar-refractivity contribution is 0.0759. The van der Waals surface area contributed by atoms with Crippen LogP contribution in [0.1, 0.15) is 69.0 Å². The Kier molecular flexibility index (Phi) is 7.80. The summed E-state index contributed by atoms with van der Waals surface area (Å²) in [5, 5.41) is 3.78. The number of nitrogens with zero attached hydrogens (tertiary/aromatic N) is 2. The Labute approximate surface area is 211 Å². The summed E-state index contributed by atoms with van der Waals surface area (Å²) in [7, 11) is 0. The zero-order valence-corrected chi connectivity index (χ0v) is 21.7. The van der Waals surface area contributed by atoms with Crippen molar-refractivity contribution in [2.45, 2.75) is 65.0 Å². The highest BCUT2D eigenvalue weighted by atomic mass is 16.5. The molecule has 35 heavy (non-hydrogen) atoms. The van der Waals surface area contributed by atoms with E-state index >= 15 is 0 Å². The van der Waals surface area contributed by atoms with E-state index in [4.69, 9.17) is 4.74 Å². The van der Waals surface area contributed by atoms with Gasteiger partial charge in [0.15, 0.2) is 0 Å². The molecule has 0 fully saturated rings. The second kappa shape index (κ2) is 11.0. The van der Waals surface area contributed by atoms with Crippen LogP contribution in [-0.2, 0) is 12.8 Å². The largest absolute Gasteiger partial charge is 0.487 e. The van der Waals surface area contributed by atoms with Gasteiger partial charge in [-0.15, -0.1) is 0 Å². The molecule has 1 aliphatic rings. The lowest BCUT2D eigenvalue weighted by Gasteiger charge is -2.39. The monoisotopic (exact) mass is 469 g/mol. The van der Waals surface area contributed by atoms with Crippen LogP contribution in [0.15, 0.2) is 73.4 Å². The molecule has 1 N–H and O–H groups in total. The molecule has 4 rings (SSSR count). The molecule has 3 aromatic rings. The minimum atomic E-state index is -0.233. The smallest absolute Gasteiger partial charge is 0.125 e. The van der Waals surface area contributed by atoms with E-state index in [-0.39, 0.29) is 11.6 Å². The van der Waals surface area contributed by atoms with Crippen LogP contribution in [0.2, 0.25) is 0 Å². The highest BCUT2D eigenvalue weighted by Gasteiger charge is 2.34. The van der Waals surface area contributed by atoms with E-state index < -0.39 is 0 Å². The van der Waals surface area contributed by atoms with Crippen LogP contribution >= 0.6 is 0 Å². The molecule has 0 amide bonds. The van der Waals surface area contributed by atoms with Gasteiger partial charge >= 0.3 is 0 Å². The maximum atomic E-state index is 6.38. The van der Waals surface area contributed by atoms with Crippen LogP contribution in [-0.4, -0.2) is 28.6 Å². The molecule has 0 radical (unpaired) electrons. The Morgan fingerprint density at radius 3 is 2.57 bits per heavy atom. The minimum Gasteiger partial charge on any atom is -0.487 e. The van der Waals surface area contributed by atoms with Gasteiger partial charge in [0.1, 0.15) is 11.4 Å². The predicted molar refractivity (Wildman–Crippen MR) is 147 cm³/mol. The summed E-state index contributed by atoms with van der Waals surface area (Å²) in [6, 6.07) is 21.6. The van der Waals surface area contributed by atoms with Crippen LogP contribution in [0, 0.1) is 0 Å². The van der Waals surface area contributed by atoms with Gasteiger partial charge in [0.05, 0.1) is 6.04 Å². The number of fused-ring (bicyclic) bond motifs is 1. The van der Waals surface area contributed by atoms with E-state index in [1.54, 1.807) is 0 Å². The molecule has 2 aromatic carbocycles. The fourth-order valence-corrected chi connectivity index (χ4v) is 4.83. The van der Waals surface area contributed by atoms with Crippen molar-refractivity contribution in [1.29, 1.82) is 0 Å². The summed E-state index contributed by atoms with van der Waals surface area (Å²) in [6.07, 6.45) is 5.78. The van der Waals surface area contributed by atoms with E-state index in [0.29, 0.717) is 0 Å². The normalized spacial score (nSPS) is 16.2. The van der Waals surface area contributed by atoms with Crippen LogP contribution in [0.4, 0.5) is 5.69 Å². The maximum Gasteiger partial charge on any atom is 0.125 e. The van der Waals surface area contributed by atoms with Gasteiger partial charge < -0.3 is 15.0 Å². The fourth-order valence-electron chi connectivity index (χ4n) is 4.83. The number of anilines is 1. The number of aryl methyl sites for hydroxylation is 1. The maximum absolute atomic E-state index is 6.38. The number of rotatable bonds is 10. The average Bonchev–Trinajstić information content (AvgIpc) is 2.86. The Bertz CT molecular complexity index is 1120. The topological polar surface area (TPSA) is 37.4 Å². The van der Waals surface area contributed by atoms with E-state index in [9.17, 15) is 0 Å². The SMILES string of the molecule is C=C(c1ccc2c(c1)[C@@H](Nc1ccc(CC)cc1)CC(C)(C)O2)N(CCC)CCc1ccccn1. The molecule has 2 heterocycles. The molecule has 4 nitrogen and oxygen atoms in total. The summed E-state index contributed by atoms with van der Waals surface area (Å²) in [6.45, 7) is 15.1. The van der Waals surface area contributed by atoms with Crippen LogP contribution in [0.5, 0.6) is 5.75 Å². The number of benzene rings is 2. The molecule has 0 spiro atoms. The van der Waals surface area contributed by atoms with Gasteiger partial charge in [-0.1, -0.05) is 38.6 Å². The van der Waals surface area contributed by atoms with Gasteiger partial charge in [-0.3, -0.25) is 4.98 Å². The van der Waals surface area contributed by atoms with Crippen molar-refractivity contribution in [1.82, 2.24) is 9.88 Å². The molecule has 1 atom stereocenters. The Morgan fingerprint density at radius 2 is 1.89 bits per heavy atom. The van der Waals surface area contributed by atoms with Crippen LogP contribution < -0.4 is 10.1 Å². The van der Waals surface area contributed by atoms with Gasteiger partial charge in [0.25, 0.3) is 0 Å². The molecular weight excluding hydrogens is 430 g/mol. The van der Waals surface area contributed by atoms with Gasteiger partial charge in [-0.25, -0.2) is 0 Å². The van der Waals surface area contributed by atoms with Gasteiger partial charge in [0.2, 0.25) is 0 Å². The zero-order valence-electron chi connectivity index (χ0n) is 21.7. The van der Waals surface area contributed by atoms with Crippen molar-refractivity contribution in [3.8, 4) is 5.75 Å². The first-order chi connectivity index (χ1) is 16.9. The minimum absolute atomic E-state index is 0.169. The van der Waals surface area contributed by atoms with Crippen LogP contribution in [0.25, 0.3) is 5.70 Å².